The van der Waals surface area contributed by atoms with Gasteiger partial charge in [-0.05, 0) is 40.9 Å². The van der Waals surface area contributed by atoms with Gasteiger partial charge in [0, 0.05) is 0 Å². The van der Waals surface area contributed by atoms with Gasteiger partial charge in [0.2, 0.25) is 0 Å². The molecule has 0 saturated heterocycles. The van der Waals surface area contributed by atoms with Crippen LogP contribution in [-0.4, -0.2) is 5.24 Å². The van der Waals surface area contributed by atoms with Crippen molar-refractivity contribution >= 4 is 16.8 Å². The Balaban J connectivity index is 2.64. The lowest BCUT2D eigenvalue weighted by Crippen LogP contribution is -2.07. The molecule has 0 unspecified atom stereocenters. The van der Waals surface area contributed by atoms with Gasteiger partial charge in [0.25, 0.3) is 5.24 Å². The van der Waals surface area contributed by atoms with Gasteiger partial charge in [-0.1, -0.05) is 24.3 Å². The smallest absolute Gasteiger partial charge is 0.275 e. The molecule has 104 valence electrons. The fourth-order valence-corrected chi connectivity index (χ4v) is 1.97. The summed E-state index contributed by atoms with van der Waals surface area (Å²) >= 11 is 5.20. The Morgan fingerprint density at radius 3 is 2.30 bits per heavy atom. The Hall–Kier alpha value is -1.88. The van der Waals surface area contributed by atoms with E-state index in [1.807, 2.05) is 0 Å². The molecule has 0 aliphatic heterocycles. The van der Waals surface area contributed by atoms with E-state index in [-0.39, 0.29) is 11.1 Å². The van der Waals surface area contributed by atoms with E-state index in [1.165, 1.54) is 24.3 Å². The summed E-state index contributed by atoms with van der Waals surface area (Å²) in [6.07, 6.45) is -4.55. The molecule has 0 atom stereocenters. The number of rotatable bonds is 2. The van der Waals surface area contributed by atoms with Crippen molar-refractivity contribution in [2.75, 3.05) is 0 Å². The van der Waals surface area contributed by atoms with Gasteiger partial charge in [0.05, 0.1) is 11.1 Å². The van der Waals surface area contributed by atoms with Gasteiger partial charge in [0.15, 0.2) is 0 Å². The predicted octanol–water partition coefficient (Wildman–Crippen LogP) is 4.89. The molecule has 0 bridgehead atoms. The largest absolute Gasteiger partial charge is 0.417 e. The maximum Gasteiger partial charge on any atom is 0.417 e. The van der Waals surface area contributed by atoms with Crippen LogP contribution in [0.5, 0.6) is 0 Å². The van der Waals surface area contributed by atoms with Gasteiger partial charge < -0.3 is 0 Å². The fraction of sp³-hybridized carbons (Fsp3) is 0.0714. The zero-order valence-electron chi connectivity index (χ0n) is 9.84. The highest BCUT2D eigenvalue weighted by molar-refractivity contribution is 6.67. The lowest BCUT2D eigenvalue weighted by Gasteiger charge is -2.13. The minimum absolute atomic E-state index is 0.0725. The van der Waals surface area contributed by atoms with Crippen LogP contribution in [-0.2, 0) is 6.18 Å². The number of alkyl halides is 3. The monoisotopic (exact) mass is 302 g/mol. The van der Waals surface area contributed by atoms with Gasteiger partial charge in [-0.2, -0.15) is 13.2 Å². The summed E-state index contributed by atoms with van der Waals surface area (Å²) < 4.78 is 52.1. The van der Waals surface area contributed by atoms with Crippen molar-refractivity contribution in [3.05, 3.63) is 59.4 Å². The molecule has 20 heavy (non-hydrogen) atoms. The Bertz CT molecular complexity index is 664. The van der Waals surface area contributed by atoms with Crippen LogP contribution in [0.25, 0.3) is 11.1 Å². The van der Waals surface area contributed by atoms with Gasteiger partial charge in [-0.25, -0.2) is 4.39 Å². The van der Waals surface area contributed by atoms with Crippen LogP contribution in [0.15, 0.2) is 42.5 Å². The van der Waals surface area contributed by atoms with Crippen LogP contribution in [0.3, 0.4) is 0 Å². The minimum atomic E-state index is -4.55. The molecule has 0 fully saturated rings. The molecule has 0 amide bonds. The fourth-order valence-electron chi connectivity index (χ4n) is 1.83. The van der Waals surface area contributed by atoms with Crippen LogP contribution in [0.2, 0.25) is 0 Å². The van der Waals surface area contributed by atoms with Gasteiger partial charge in [-0.15, -0.1) is 0 Å². The first-order valence-corrected chi connectivity index (χ1v) is 5.84. The van der Waals surface area contributed by atoms with Crippen LogP contribution in [0, 0.1) is 5.82 Å². The molecule has 2 rings (SSSR count). The number of benzene rings is 2. The summed E-state index contributed by atoms with van der Waals surface area (Å²) in [5.74, 6) is -0.877. The molecule has 2 aromatic carbocycles. The highest BCUT2D eigenvalue weighted by Gasteiger charge is 2.33. The Morgan fingerprint density at radius 2 is 1.70 bits per heavy atom. The van der Waals surface area contributed by atoms with Crippen molar-refractivity contribution in [2.45, 2.75) is 6.18 Å². The quantitative estimate of drug-likeness (QED) is 0.570. The predicted molar refractivity (Wildman–Crippen MR) is 67.0 cm³/mol. The van der Waals surface area contributed by atoms with Crippen LogP contribution in [0.4, 0.5) is 17.6 Å². The number of halogens is 5. The van der Waals surface area contributed by atoms with E-state index in [4.69, 9.17) is 11.6 Å². The van der Waals surface area contributed by atoms with E-state index in [0.29, 0.717) is 0 Å². The zero-order chi connectivity index (χ0) is 14.9. The van der Waals surface area contributed by atoms with Gasteiger partial charge >= 0.3 is 6.18 Å². The first kappa shape index (κ1) is 14.5. The van der Waals surface area contributed by atoms with E-state index in [9.17, 15) is 22.4 Å². The summed E-state index contributed by atoms with van der Waals surface area (Å²) in [6.45, 7) is 0. The number of hydrogen-bond acceptors (Lipinski definition) is 1. The molecule has 0 saturated carbocycles. The zero-order valence-corrected chi connectivity index (χ0v) is 10.6. The maximum atomic E-state index is 13.3. The van der Waals surface area contributed by atoms with Crippen LogP contribution < -0.4 is 0 Å². The second-order valence-corrected chi connectivity index (χ2v) is 4.35. The first-order valence-electron chi connectivity index (χ1n) is 5.46. The lowest BCUT2D eigenvalue weighted by atomic mass is 9.98. The number of carbonyl (C=O) groups is 1. The molecule has 6 heteroatoms. The third-order valence-electron chi connectivity index (χ3n) is 2.72. The molecular formula is C14H7ClF4O. The summed E-state index contributed by atoms with van der Waals surface area (Å²) in [7, 11) is 0. The van der Waals surface area contributed by atoms with Crippen LogP contribution in [0.1, 0.15) is 15.9 Å². The van der Waals surface area contributed by atoms with Crippen molar-refractivity contribution < 1.29 is 22.4 Å². The van der Waals surface area contributed by atoms with Crippen molar-refractivity contribution in [3.8, 4) is 11.1 Å². The van der Waals surface area contributed by atoms with Crippen LogP contribution >= 0.6 is 11.6 Å². The van der Waals surface area contributed by atoms with Gasteiger partial charge in [0.1, 0.15) is 5.82 Å². The van der Waals surface area contributed by atoms with E-state index < -0.39 is 28.4 Å². The van der Waals surface area contributed by atoms with E-state index >= 15 is 0 Å². The molecule has 0 spiro atoms. The summed E-state index contributed by atoms with van der Waals surface area (Å²) in [6, 6.07) is 7.94. The number of carbonyl (C=O) groups excluding carboxylic acids is 1. The van der Waals surface area contributed by atoms with E-state index in [2.05, 4.69) is 0 Å². The van der Waals surface area contributed by atoms with Crippen molar-refractivity contribution in [1.82, 2.24) is 0 Å². The molecule has 0 heterocycles. The normalized spacial score (nSPS) is 11.4. The topological polar surface area (TPSA) is 17.1 Å². The molecule has 0 radical (unpaired) electrons. The Kier molecular flexibility index (Phi) is 3.81. The molecule has 0 aliphatic carbocycles. The first-order chi connectivity index (χ1) is 9.30. The van der Waals surface area contributed by atoms with Crippen molar-refractivity contribution in [3.63, 3.8) is 0 Å². The third kappa shape index (κ3) is 2.82. The highest BCUT2D eigenvalue weighted by atomic mass is 35.5. The Labute approximate surface area is 116 Å². The minimum Gasteiger partial charge on any atom is -0.275 e. The van der Waals surface area contributed by atoms with E-state index in [0.717, 1.165) is 18.2 Å². The SMILES string of the molecule is O=C(Cl)c1cc(-c2ccccc2C(F)(F)F)ccc1F. The standard InChI is InChI=1S/C14H7ClF4O/c15-13(20)10-7-8(5-6-12(10)16)9-3-1-2-4-11(9)14(17,18)19/h1-7H. The summed E-state index contributed by atoms with van der Waals surface area (Å²) in [4.78, 5) is 11.0. The molecular weight excluding hydrogens is 296 g/mol. The molecule has 1 nitrogen and oxygen atoms in total. The average molecular weight is 303 g/mol. The Morgan fingerprint density at radius 1 is 1.05 bits per heavy atom. The van der Waals surface area contributed by atoms with Crippen molar-refractivity contribution in [1.29, 1.82) is 0 Å². The molecule has 0 N–H and O–H groups in total. The summed E-state index contributed by atoms with van der Waals surface area (Å²) in [5.41, 5.74) is -1.39. The number of hydrogen-bond donors (Lipinski definition) is 0. The maximum absolute atomic E-state index is 13.3. The average Bonchev–Trinajstić information content (AvgIpc) is 2.38. The second-order valence-electron chi connectivity index (χ2n) is 4.01. The van der Waals surface area contributed by atoms with Gasteiger partial charge in [-0.3, -0.25) is 4.79 Å². The highest BCUT2D eigenvalue weighted by Crippen LogP contribution is 2.37. The molecule has 0 aliphatic rings. The van der Waals surface area contributed by atoms with Crippen molar-refractivity contribution in [2.24, 2.45) is 0 Å². The second kappa shape index (κ2) is 5.25. The van der Waals surface area contributed by atoms with E-state index in [1.54, 1.807) is 0 Å². The third-order valence-corrected chi connectivity index (χ3v) is 2.93. The molecule has 2 aromatic rings. The lowest BCUT2D eigenvalue weighted by molar-refractivity contribution is -0.137. The molecule has 0 aromatic heterocycles. The summed E-state index contributed by atoms with van der Waals surface area (Å²) in [5, 5.41) is -1.06.